The second-order valence-electron chi connectivity index (χ2n) is 3.17. The molecule has 0 aliphatic rings. The Kier molecular flexibility index (Phi) is 3.91. The Bertz CT molecular complexity index is 346. The summed E-state index contributed by atoms with van der Waals surface area (Å²) in [6.07, 6.45) is 1.77. The van der Waals surface area contributed by atoms with Crippen LogP contribution in [0, 0.1) is 6.92 Å². The monoisotopic (exact) mass is 210 g/mol. The Morgan fingerprint density at radius 3 is 3.00 bits per heavy atom. The zero-order chi connectivity index (χ0) is 11.3. The fourth-order valence-corrected chi connectivity index (χ4v) is 1.19. The summed E-state index contributed by atoms with van der Waals surface area (Å²) in [6.45, 7) is 6.35. The van der Waals surface area contributed by atoms with E-state index in [9.17, 15) is 4.79 Å². The standard InChI is InChI=1S/C10H14N2O3/c1-3-5-12(6-4-10(13)14)9-7-8(2)15-11-9/h3,7H,1,4-6H2,2H3,(H,13,14). The average Bonchev–Trinajstić information content (AvgIpc) is 2.59. The molecule has 0 unspecified atom stereocenters. The number of anilines is 1. The Hall–Kier alpha value is -1.78. The van der Waals surface area contributed by atoms with E-state index in [2.05, 4.69) is 11.7 Å². The third-order valence-corrected chi connectivity index (χ3v) is 1.88. The molecule has 0 amide bonds. The molecule has 1 aromatic rings. The summed E-state index contributed by atoms with van der Waals surface area (Å²) in [5, 5.41) is 12.4. The minimum atomic E-state index is -0.829. The molecule has 15 heavy (non-hydrogen) atoms. The zero-order valence-corrected chi connectivity index (χ0v) is 8.64. The number of carboxylic acid groups (broad SMARTS) is 1. The molecule has 0 radical (unpaired) electrons. The number of nitrogens with zero attached hydrogens (tertiary/aromatic N) is 2. The molecular formula is C10H14N2O3. The summed E-state index contributed by atoms with van der Waals surface area (Å²) in [5.74, 6) is 0.521. The maximum Gasteiger partial charge on any atom is 0.305 e. The van der Waals surface area contributed by atoms with Crippen molar-refractivity contribution < 1.29 is 14.4 Å². The second-order valence-corrected chi connectivity index (χ2v) is 3.17. The van der Waals surface area contributed by atoms with Crippen LogP contribution in [-0.2, 0) is 4.79 Å². The number of hydrogen-bond donors (Lipinski definition) is 1. The third kappa shape index (κ3) is 3.46. The van der Waals surface area contributed by atoms with Gasteiger partial charge in [0.1, 0.15) is 5.76 Å². The molecule has 1 heterocycles. The second kappa shape index (κ2) is 5.19. The van der Waals surface area contributed by atoms with Crippen molar-refractivity contribution in [2.75, 3.05) is 18.0 Å². The summed E-state index contributed by atoms with van der Waals surface area (Å²) in [5.41, 5.74) is 0. The largest absolute Gasteiger partial charge is 0.481 e. The van der Waals surface area contributed by atoms with Gasteiger partial charge in [0.2, 0.25) is 0 Å². The van der Waals surface area contributed by atoms with Crippen LogP contribution >= 0.6 is 0 Å². The molecule has 5 heteroatoms. The molecule has 5 nitrogen and oxygen atoms in total. The highest BCUT2D eigenvalue weighted by Gasteiger charge is 2.10. The first-order chi connectivity index (χ1) is 7.13. The number of rotatable bonds is 6. The van der Waals surface area contributed by atoms with Crippen LogP contribution in [0.3, 0.4) is 0 Å². The molecule has 1 N–H and O–H groups in total. The summed E-state index contributed by atoms with van der Waals surface area (Å²) >= 11 is 0. The number of aliphatic carboxylic acids is 1. The van der Waals surface area contributed by atoms with Crippen LogP contribution in [-0.4, -0.2) is 29.3 Å². The molecule has 0 atom stereocenters. The minimum absolute atomic E-state index is 0.0692. The van der Waals surface area contributed by atoms with Gasteiger partial charge in [-0.3, -0.25) is 4.79 Å². The van der Waals surface area contributed by atoms with Crippen molar-refractivity contribution >= 4 is 11.8 Å². The summed E-state index contributed by atoms with van der Waals surface area (Å²) in [6, 6.07) is 1.77. The Morgan fingerprint density at radius 1 is 1.80 bits per heavy atom. The van der Waals surface area contributed by atoms with Gasteiger partial charge < -0.3 is 14.5 Å². The van der Waals surface area contributed by atoms with Crippen molar-refractivity contribution in [2.24, 2.45) is 0 Å². The first-order valence-corrected chi connectivity index (χ1v) is 4.64. The van der Waals surface area contributed by atoms with Gasteiger partial charge in [-0.25, -0.2) is 0 Å². The average molecular weight is 210 g/mol. The van der Waals surface area contributed by atoms with Gasteiger partial charge in [-0.05, 0) is 6.92 Å². The van der Waals surface area contributed by atoms with Crippen molar-refractivity contribution in [1.29, 1.82) is 0 Å². The number of carboxylic acids is 1. The predicted octanol–water partition coefficient (Wildman–Crippen LogP) is 1.45. The molecular weight excluding hydrogens is 196 g/mol. The van der Waals surface area contributed by atoms with Crippen molar-refractivity contribution in [3.63, 3.8) is 0 Å². The van der Waals surface area contributed by atoms with E-state index in [4.69, 9.17) is 9.63 Å². The first kappa shape index (κ1) is 11.3. The van der Waals surface area contributed by atoms with Gasteiger partial charge in [-0.1, -0.05) is 11.2 Å². The van der Waals surface area contributed by atoms with Crippen molar-refractivity contribution in [3.8, 4) is 0 Å². The van der Waals surface area contributed by atoms with E-state index < -0.39 is 5.97 Å². The van der Waals surface area contributed by atoms with Crippen molar-refractivity contribution in [1.82, 2.24) is 5.16 Å². The highest BCUT2D eigenvalue weighted by Crippen LogP contribution is 2.13. The molecule has 0 aliphatic carbocycles. The quantitative estimate of drug-likeness (QED) is 0.720. The van der Waals surface area contributed by atoms with E-state index in [0.29, 0.717) is 24.7 Å². The molecule has 0 aromatic carbocycles. The fourth-order valence-electron chi connectivity index (χ4n) is 1.19. The van der Waals surface area contributed by atoms with Gasteiger partial charge >= 0.3 is 5.97 Å². The predicted molar refractivity (Wildman–Crippen MR) is 55.9 cm³/mol. The highest BCUT2D eigenvalue weighted by molar-refractivity contribution is 5.67. The number of hydrogen-bond acceptors (Lipinski definition) is 4. The maximum atomic E-state index is 10.4. The van der Waals surface area contributed by atoms with E-state index in [-0.39, 0.29) is 6.42 Å². The topological polar surface area (TPSA) is 66.6 Å². The Labute approximate surface area is 88.0 Å². The van der Waals surface area contributed by atoms with E-state index in [0.717, 1.165) is 0 Å². The zero-order valence-electron chi connectivity index (χ0n) is 8.64. The van der Waals surface area contributed by atoms with E-state index in [1.54, 1.807) is 24.0 Å². The number of aryl methyl sites for hydroxylation is 1. The molecule has 0 saturated heterocycles. The lowest BCUT2D eigenvalue weighted by atomic mass is 10.3. The van der Waals surface area contributed by atoms with Gasteiger partial charge in [0, 0.05) is 19.2 Å². The third-order valence-electron chi connectivity index (χ3n) is 1.88. The molecule has 0 bridgehead atoms. The van der Waals surface area contributed by atoms with Crippen LogP contribution < -0.4 is 4.90 Å². The van der Waals surface area contributed by atoms with Crippen molar-refractivity contribution in [3.05, 3.63) is 24.5 Å². The summed E-state index contributed by atoms with van der Waals surface area (Å²) in [4.78, 5) is 12.3. The van der Waals surface area contributed by atoms with Crippen LogP contribution in [0.5, 0.6) is 0 Å². The van der Waals surface area contributed by atoms with Crippen LogP contribution in [0.1, 0.15) is 12.2 Å². The lowest BCUT2D eigenvalue weighted by molar-refractivity contribution is -0.136. The van der Waals surface area contributed by atoms with Crippen LogP contribution in [0.4, 0.5) is 5.82 Å². The lowest BCUT2D eigenvalue weighted by Crippen LogP contribution is -2.26. The van der Waals surface area contributed by atoms with Crippen LogP contribution in [0.25, 0.3) is 0 Å². The molecule has 82 valence electrons. The van der Waals surface area contributed by atoms with E-state index in [1.807, 2.05) is 0 Å². The number of aromatic nitrogens is 1. The number of carbonyl (C=O) groups is 1. The van der Waals surface area contributed by atoms with E-state index >= 15 is 0 Å². The minimum Gasteiger partial charge on any atom is -0.481 e. The summed E-state index contributed by atoms with van der Waals surface area (Å²) in [7, 11) is 0. The molecule has 0 aliphatic heterocycles. The molecule has 1 aromatic heterocycles. The molecule has 0 fully saturated rings. The van der Waals surface area contributed by atoms with Gasteiger partial charge in [0.05, 0.1) is 6.42 Å². The smallest absolute Gasteiger partial charge is 0.305 e. The molecule has 0 saturated carbocycles. The maximum absolute atomic E-state index is 10.4. The van der Waals surface area contributed by atoms with E-state index in [1.165, 1.54) is 0 Å². The van der Waals surface area contributed by atoms with Crippen molar-refractivity contribution in [2.45, 2.75) is 13.3 Å². The van der Waals surface area contributed by atoms with Gasteiger partial charge in [0.15, 0.2) is 5.82 Å². The van der Waals surface area contributed by atoms with Crippen LogP contribution in [0.15, 0.2) is 23.2 Å². The SMILES string of the molecule is C=CCN(CCC(=O)O)c1cc(C)on1. The molecule has 1 rings (SSSR count). The summed E-state index contributed by atoms with van der Waals surface area (Å²) < 4.78 is 4.93. The lowest BCUT2D eigenvalue weighted by Gasteiger charge is -2.18. The van der Waals surface area contributed by atoms with Gasteiger partial charge in [0.25, 0.3) is 0 Å². The van der Waals surface area contributed by atoms with Gasteiger partial charge in [-0.15, -0.1) is 6.58 Å². The first-order valence-electron chi connectivity index (χ1n) is 4.64. The van der Waals surface area contributed by atoms with Gasteiger partial charge in [-0.2, -0.15) is 0 Å². The Morgan fingerprint density at radius 2 is 2.53 bits per heavy atom. The highest BCUT2D eigenvalue weighted by atomic mass is 16.5. The fraction of sp³-hybridized carbons (Fsp3) is 0.400. The Balaban J connectivity index is 2.64. The normalized spacial score (nSPS) is 9.93. The molecule has 0 spiro atoms. The van der Waals surface area contributed by atoms with Crippen LogP contribution in [0.2, 0.25) is 0 Å².